The van der Waals surface area contributed by atoms with Gasteiger partial charge in [0.25, 0.3) is 5.91 Å². The van der Waals surface area contributed by atoms with Crippen molar-refractivity contribution in [3.8, 4) is 11.5 Å². The van der Waals surface area contributed by atoms with Crippen molar-refractivity contribution in [3.05, 3.63) is 90.0 Å². The van der Waals surface area contributed by atoms with E-state index in [0.717, 1.165) is 6.42 Å². The summed E-state index contributed by atoms with van der Waals surface area (Å²) < 4.78 is 5.75. The molecular formula is C24H23N3O3. The van der Waals surface area contributed by atoms with E-state index in [1.165, 1.54) is 5.56 Å². The fraction of sp³-hybridized carbons (Fsp3) is 0.167. The number of nitrogens with two attached hydrogens (primary N) is 1. The maximum absolute atomic E-state index is 12.4. The van der Waals surface area contributed by atoms with Gasteiger partial charge in [0.1, 0.15) is 11.5 Å². The molecule has 30 heavy (non-hydrogen) atoms. The summed E-state index contributed by atoms with van der Waals surface area (Å²) in [5, 5.41) is 5.88. The third-order valence-electron chi connectivity index (χ3n) is 5.47. The van der Waals surface area contributed by atoms with Gasteiger partial charge in [-0.05, 0) is 48.4 Å². The minimum Gasteiger partial charge on any atom is -0.457 e. The number of urea groups is 1. The monoisotopic (exact) mass is 401 g/mol. The van der Waals surface area contributed by atoms with Crippen LogP contribution in [0.2, 0.25) is 0 Å². The molecule has 4 N–H and O–H groups in total. The lowest BCUT2D eigenvalue weighted by Crippen LogP contribution is -2.34. The Hall–Kier alpha value is -3.80. The van der Waals surface area contributed by atoms with Crippen LogP contribution in [0.15, 0.2) is 78.9 Å². The highest BCUT2D eigenvalue weighted by Gasteiger charge is 2.52. The summed E-state index contributed by atoms with van der Waals surface area (Å²) >= 11 is 0. The molecule has 6 nitrogen and oxygen atoms in total. The van der Waals surface area contributed by atoms with Gasteiger partial charge in [-0.1, -0.05) is 49.4 Å². The number of amides is 3. The Balaban J connectivity index is 1.34. The number of hydrogen-bond donors (Lipinski definition) is 3. The van der Waals surface area contributed by atoms with Crippen molar-refractivity contribution in [3.63, 3.8) is 0 Å². The number of carbonyl (C=O) groups is 2. The quantitative estimate of drug-likeness (QED) is 0.570. The van der Waals surface area contributed by atoms with E-state index in [1.54, 1.807) is 48.5 Å². The molecule has 6 heteroatoms. The zero-order chi connectivity index (χ0) is 21.1. The maximum atomic E-state index is 12.4. The molecule has 0 bridgehead atoms. The van der Waals surface area contributed by atoms with E-state index in [4.69, 9.17) is 10.5 Å². The fourth-order valence-electron chi connectivity index (χ4n) is 3.53. The lowest BCUT2D eigenvalue weighted by Gasteiger charge is -2.14. The van der Waals surface area contributed by atoms with E-state index >= 15 is 0 Å². The first-order valence-corrected chi connectivity index (χ1v) is 9.75. The average Bonchev–Trinajstić information content (AvgIpc) is 3.40. The number of carbonyl (C=O) groups excluding carboxylic acids is 2. The molecule has 1 fully saturated rings. The van der Waals surface area contributed by atoms with Gasteiger partial charge in [0.05, 0.1) is 5.56 Å². The summed E-state index contributed by atoms with van der Waals surface area (Å²) in [5.41, 5.74) is 7.53. The molecule has 1 saturated carbocycles. The molecule has 0 aromatic heterocycles. The van der Waals surface area contributed by atoms with E-state index in [9.17, 15) is 9.59 Å². The van der Waals surface area contributed by atoms with E-state index < -0.39 is 5.91 Å². The van der Waals surface area contributed by atoms with E-state index in [1.807, 2.05) is 18.2 Å². The van der Waals surface area contributed by atoms with Crippen molar-refractivity contribution in [1.82, 2.24) is 5.32 Å². The number of hydrogen-bond acceptors (Lipinski definition) is 3. The average molecular weight is 401 g/mol. The fourth-order valence-corrected chi connectivity index (χ4v) is 3.53. The minimum absolute atomic E-state index is 0.0237. The maximum Gasteiger partial charge on any atom is 0.319 e. The van der Waals surface area contributed by atoms with Gasteiger partial charge in [0.2, 0.25) is 0 Å². The topological polar surface area (TPSA) is 93.4 Å². The van der Waals surface area contributed by atoms with Gasteiger partial charge in [-0.2, -0.15) is 0 Å². The lowest BCUT2D eigenvalue weighted by atomic mass is 9.98. The van der Waals surface area contributed by atoms with Crippen LogP contribution < -0.4 is 21.1 Å². The Kier molecular flexibility index (Phi) is 5.14. The number of anilines is 1. The first kappa shape index (κ1) is 19.5. The molecule has 3 aromatic carbocycles. The predicted molar refractivity (Wildman–Crippen MR) is 116 cm³/mol. The number of rotatable bonds is 6. The van der Waals surface area contributed by atoms with Crippen LogP contribution in [-0.4, -0.2) is 18.0 Å². The van der Waals surface area contributed by atoms with Gasteiger partial charge >= 0.3 is 6.03 Å². The zero-order valence-electron chi connectivity index (χ0n) is 16.6. The number of benzene rings is 3. The highest BCUT2D eigenvalue weighted by atomic mass is 16.5. The largest absolute Gasteiger partial charge is 0.457 e. The first-order valence-electron chi connectivity index (χ1n) is 9.75. The van der Waals surface area contributed by atoms with Crippen molar-refractivity contribution in [2.45, 2.75) is 24.8 Å². The highest BCUT2D eigenvalue weighted by molar-refractivity contribution is 5.95. The molecule has 1 aliphatic rings. The van der Waals surface area contributed by atoms with Crippen LogP contribution in [-0.2, 0) is 5.41 Å². The van der Waals surface area contributed by atoms with Crippen molar-refractivity contribution in [2.75, 3.05) is 5.32 Å². The molecule has 3 amide bonds. The third kappa shape index (κ3) is 4.12. The number of para-hydroxylation sites is 1. The molecule has 4 rings (SSSR count). The van der Waals surface area contributed by atoms with Crippen molar-refractivity contribution in [1.29, 1.82) is 0 Å². The highest BCUT2D eigenvalue weighted by Crippen LogP contribution is 2.47. The van der Waals surface area contributed by atoms with Crippen LogP contribution in [0.4, 0.5) is 10.5 Å². The molecule has 152 valence electrons. The first-order chi connectivity index (χ1) is 14.5. The Morgan fingerprint density at radius 2 is 1.63 bits per heavy atom. The molecule has 2 unspecified atom stereocenters. The summed E-state index contributed by atoms with van der Waals surface area (Å²) in [6.07, 6.45) is 0.913. The van der Waals surface area contributed by atoms with Crippen LogP contribution in [0, 0.1) is 0 Å². The molecule has 0 saturated heterocycles. The van der Waals surface area contributed by atoms with Gasteiger partial charge in [0, 0.05) is 17.1 Å². The van der Waals surface area contributed by atoms with Crippen molar-refractivity contribution in [2.24, 2.45) is 5.73 Å². The van der Waals surface area contributed by atoms with E-state index in [-0.39, 0.29) is 17.5 Å². The second-order valence-corrected chi connectivity index (χ2v) is 7.63. The summed E-state index contributed by atoms with van der Waals surface area (Å²) in [6.45, 7) is 2.16. The van der Waals surface area contributed by atoms with Crippen LogP contribution in [0.3, 0.4) is 0 Å². The number of nitrogens with one attached hydrogen (secondary N) is 2. The number of ether oxygens (including phenoxy) is 1. The predicted octanol–water partition coefficient (Wildman–Crippen LogP) is 4.43. The van der Waals surface area contributed by atoms with Crippen LogP contribution in [0.1, 0.15) is 29.3 Å². The number of primary amides is 1. The molecule has 1 aliphatic carbocycles. The second kappa shape index (κ2) is 7.91. The molecule has 0 heterocycles. The van der Waals surface area contributed by atoms with Crippen LogP contribution in [0.5, 0.6) is 11.5 Å². The summed E-state index contributed by atoms with van der Waals surface area (Å²) in [7, 11) is 0. The van der Waals surface area contributed by atoms with Crippen LogP contribution in [0.25, 0.3) is 0 Å². The van der Waals surface area contributed by atoms with Crippen LogP contribution >= 0.6 is 0 Å². The second-order valence-electron chi connectivity index (χ2n) is 7.63. The zero-order valence-corrected chi connectivity index (χ0v) is 16.6. The van der Waals surface area contributed by atoms with Gasteiger partial charge in [0.15, 0.2) is 0 Å². The summed E-state index contributed by atoms with van der Waals surface area (Å²) in [5.74, 6) is 0.369. The molecular weight excluding hydrogens is 378 g/mol. The van der Waals surface area contributed by atoms with Gasteiger partial charge in [-0.15, -0.1) is 0 Å². The lowest BCUT2D eigenvalue weighted by molar-refractivity contribution is 0.0998. The molecule has 2 atom stereocenters. The van der Waals surface area contributed by atoms with Crippen molar-refractivity contribution >= 4 is 17.6 Å². The Morgan fingerprint density at radius 3 is 2.33 bits per heavy atom. The molecule has 0 radical (unpaired) electrons. The van der Waals surface area contributed by atoms with Gasteiger partial charge in [-0.3, -0.25) is 4.79 Å². The third-order valence-corrected chi connectivity index (χ3v) is 5.47. The van der Waals surface area contributed by atoms with Gasteiger partial charge in [-0.25, -0.2) is 4.79 Å². The standard InChI is InChI=1S/C24H23N3O3/c1-24(16-7-3-2-4-8-16)15-21(24)27-23(29)26-17-11-13-18(14-12-17)30-20-10-6-5-9-19(20)22(25)28/h2-14,21H,15H2,1H3,(H2,25,28)(H2,26,27,29). The Labute approximate surface area is 175 Å². The normalized spacial score (nSPS) is 19.6. The molecule has 0 aliphatic heterocycles. The summed E-state index contributed by atoms with van der Waals surface area (Å²) in [6, 6.07) is 23.8. The van der Waals surface area contributed by atoms with Gasteiger partial charge < -0.3 is 21.1 Å². The van der Waals surface area contributed by atoms with Crippen molar-refractivity contribution < 1.29 is 14.3 Å². The SMILES string of the molecule is CC1(c2ccccc2)CC1NC(=O)Nc1ccc(Oc2ccccc2C(N)=O)cc1. The minimum atomic E-state index is -0.553. The summed E-state index contributed by atoms with van der Waals surface area (Å²) in [4.78, 5) is 23.9. The smallest absolute Gasteiger partial charge is 0.319 e. The molecule has 3 aromatic rings. The Morgan fingerprint density at radius 1 is 0.967 bits per heavy atom. The van der Waals surface area contributed by atoms with E-state index in [0.29, 0.717) is 22.7 Å². The Bertz CT molecular complexity index is 1070. The molecule has 0 spiro atoms. The van der Waals surface area contributed by atoms with E-state index in [2.05, 4.69) is 29.7 Å².